The summed E-state index contributed by atoms with van der Waals surface area (Å²) in [6.07, 6.45) is 0.123. The quantitative estimate of drug-likeness (QED) is 0.718. The molecule has 30 heavy (non-hydrogen) atoms. The standard InChI is InChI=1S/C24H29N3O2S/c1-7-27-23(29)20(13-21(28)25-19-11-14(2)8-15(3)12-19)30-24(27)26-22-17(5)9-16(4)10-18(22)6/h8-12,20H,7,13H2,1-6H3,(H,25,28). The van der Waals surface area contributed by atoms with Gasteiger partial charge >= 0.3 is 0 Å². The molecule has 1 aliphatic rings. The molecule has 2 amide bonds. The molecule has 6 heteroatoms. The number of amides is 2. The fourth-order valence-corrected chi connectivity index (χ4v) is 5.10. The summed E-state index contributed by atoms with van der Waals surface area (Å²) in [5, 5.41) is 3.14. The number of carbonyl (C=O) groups excluding carboxylic acids is 2. The molecule has 0 aromatic heterocycles. The Hall–Kier alpha value is -2.60. The van der Waals surface area contributed by atoms with Crippen LogP contribution in [0.25, 0.3) is 0 Å². The van der Waals surface area contributed by atoms with Crippen LogP contribution in [0.5, 0.6) is 0 Å². The van der Waals surface area contributed by atoms with Gasteiger partial charge in [-0.15, -0.1) is 0 Å². The van der Waals surface area contributed by atoms with Gasteiger partial charge in [0.15, 0.2) is 5.17 Å². The number of nitrogens with one attached hydrogen (secondary N) is 1. The molecule has 2 aromatic rings. The third kappa shape index (κ3) is 4.93. The first-order valence-electron chi connectivity index (χ1n) is 10.2. The van der Waals surface area contributed by atoms with Gasteiger partial charge in [0.1, 0.15) is 5.25 Å². The third-order valence-electron chi connectivity index (χ3n) is 5.06. The number of rotatable bonds is 5. The van der Waals surface area contributed by atoms with E-state index >= 15 is 0 Å². The van der Waals surface area contributed by atoms with Crippen LogP contribution in [0.15, 0.2) is 35.3 Å². The molecule has 0 bridgehead atoms. The number of amidine groups is 1. The van der Waals surface area contributed by atoms with Crippen molar-refractivity contribution in [3.63, 3.8) is 0 Å². The van der Waals surface area contributed by atoms with Crippen LogP contribution < -0.4 is 5.32 Å². The van der Waals surface area contributed by atoms with Gasteiger partial charge in [0.25, 0.3) is 0 Å². The van der Waals surface area contributed by atoms with Crippen molar-refractivity contribution in [2.45, 2.75) is 53.2 Å². The first-order chi connectivity index (χ1) is 14.2. The minimum absolute atomic E-state index is 0.0563. The second kappa shape index (κ2) is 9.04. The number of hydrogen-bond donors (Lipinski definition) is 1. The Bertz CT molecular complexity index is 986. The zero-order valence-corrected chi connectivity index (χ0v) is 19.3. The lowest BCUT2D eigenvalue weighted by Crippen LogP contribution is -2.33. The highest BCUT2D eigenvalue weighted by molar-refractivity contribution is 8.15. The molecule has 1 unspecified atom stereocenters. The van der Waals surface area contributed by atoms with Crippen molar-refractivity contribution in [3.8, 4) is 0 Å². The van der Waals surface area contributed by atoms with Gasteiger partial charge in [-0.25, -0.2) is 4.99 Å². The normalized spacial score (nSPS) is 17.7. The fourth-order valence-electron chi connectivity index (χ4n) is 3.89. The van der Waals surface area contributed by atoms with Gasteiger partial charge < -0.3 is 5.32 Å². The molecule has 5 nitrogen and oxygen atoms in total. The lowest BCUT2D eigenvalue weighted by Gasteiger charge is -2.14. The monoisotopic (exact) mass is 423 g/mol. The van der Waals surface area contributed by atoms with Crippen LogP contribution in [0.2, 0.25) is 0 Å². The Kier molecular flexibility index (Phi) is 6.66. The number of anilines is 1. The van der Waals surface area contributed by atoms with Crippen LogP contribution in [-0.4, -0.2) is 33.7 Å². The van der Waals surface area contributed by atoms with Crippen molar-refractivity contribution >= 4 is 40.1 Å². The van der Waals surface area contributed by atoms with E-state index in [-0.39, 0.29) is 18.2 Å². The largest absolute Gasteiger partial charge is 0.326 e. The van der Waals surface area contributed by atoms with E-state index in [0.717, 1.165) is 33.6 Å². The molecule has 0 radical (unpaired) electrons. The Morgan fingerprint density at radius 2 is 1.57 bits per heavy atom. The predicted molar refractivity (Wildman–Crippen MR) is 126 cm³/mol. The van der Waals surface area contributed by atoms with E-state index in [9.17, 15) is 9.59 Å². The van der Waals surface area contributed by atoms with Crippen molar-refractivity contribution in [1.82, 2.24) is 4.90 Å². The van der Waals surface area contributed by atoms with E-state index < -0.39 is 5.25 Å². The molecule has 2 aromatic carbocycles. The van der Waals surface area contributed by atoms with Crippen LogP contribution in [0.4, 0.5) is 11.4 Å². The molecule has 1 fully saturated rings. The van der Waals surface area contributed by atoms with Crippen LogP contribution in [0, 0.1) is 34.6 Å². The lowest BCUT2D eigenvalue weighted by molar-refractivity contribution is -0.128. The van der Waals surface area contributed by atoms with E-state index in [1.54, 1.807) is 4.90 Å². The number of hydrogen-bond acceptors (Lipinski definition) is 4. The molecule has 0 spiro atoms. The maximum Gasteiger partial charge on any atom is 0.242 e. The van der Waals surface area contributed by atoms with Crippen molar-refractivity contribution in [2.24, 2.45) is 4.99 Å². The maximum absolute atomic E-state index is 12.9. The topological polar surface area (TPSA) is 61.8 Å². The number of nitrogens with zero attached hydrogens (tertiary/aromatic N) is 2. The summed E-state index contributed by atoms with van der Waals surface area (Å²) < 4.78 is 0. The maximum atomic E-state index is 12.9. The second-order valence-corrected chi connectivity index (χ2v) is 9.13. The number of carbonyl (C=O) groups is 2. The van der Waals surface area contributed by atoms with Crippen molar-refractivity contribution in [2.75, 3.05) is 11.9 Å². The summed E-state index contributed by atoms with van der Waals surface area (Å²) in [6.45, 7) is 12.6. The number of benzene rings is 2. The zero-order valence-electron chi connectivity index (χ0n) is 18.5. The number of aliphatic imine (C=N–C) groups is 1. The van der Waals surface area contributed by atoms with Crippen LogP contribution in [0.3, 0.4) is 0 Å². The van der Waals surface area contributed by atoms with Crippen molar-refractivity contribution in [1.29, 1.82) is 0 Å². The first-order valence-corrected chi connectivity index (χ1v) is 11.1. The number of aryl methyl sites for hydroxylation is 5. The molecule has 0 aliphatic carbocycles. The zero-order chi connectivity index (χ0) is 22.0. The summed E-state index contributed by atoms with van der Waals surface area (Å²) in [6, 6.07) is 10.1. The molecule has 1 aliphatic heterocycles. The average molecular weight is 424 g/mol. The minimum atomic E-state index is -0.458. The summed E-state index contributed by atoms with van der Waals surface area (Å²) >= 11 is 1.38. The van der Waals surface area contributed by atoms with Gasteiger partial charge in [0.05, 0.1) is 5.69 Å². The highest BCUT2D eigenvalue weighted by Crippen LogP contribution is 2.34. The Balaban J connectivity index is 1.78. The molecule has 1 heterocycles. The van der Waals surface area contributed by atoms with Gasteiger partial charge in [-0.1, -0.05) is 35.5 Å². The van der Waals surface area contributed by atoms with Gasteiger partial charge in [-0.3, -0.25) is 14.5 Å². The van der Waals surface area contributed by atoms with Crippen LogP contribution in [0.1, 0.15) is 41.2 Å². The smallest absolute Gasteiger partial charge is 0.242 e. The van der Waals surface area contributed by atoms with E-state index in [0.29, 0.717) is 11.7 Å². The van der Waals surface area contributed by atoms with E-state index in [1.807, 2.05) is 46.8 Å². The number of thioether (sulfide) groups is 1. The summed E-state index contributed by atoms with van der Waals surface area (Å²) in [4.78, 5) is 32.0. The molecule has 158 valence electrons. The Morgan fingerprint density at radius 1 is 1.00 bits per heavy atom. The predicted octanol–water partition coefficient (Wildman–Crippen LogP) is 5.21. The molecule has 1 saturated heterocycles. The summed E-state index contributed by atoms with van der Waals surface area (Å²) in [5.41, 5.74) is 7.20. The van der Waals surface area contributed by atoms with Gasteiger partial charge in [-0.2, -0.15) is 0 Å². The molecule has 0 saturated carbocycles. The summed E-state index contributed by atoms with van der Waals surface area (Å²) in [5.74, 6) is -0.218. The van der Waals surface area contributed by atoms with E-state index in [2.05, 4.69) is 30.4 Å². The lowest BCUT2D eigenvalue weighted by atomic mass is 10.1. The van der Waals surface area contributed by atoms with Crippen LogP contribution >= 0.6 is 11.8 Å². The highest BCUT2D eigenvalue weighted by atomic mass is 32.2. The third-order valence-corrected chi connectivity index (χ3v) is 6.23. The second-order valence-electron chi connectivity index (χ2n) is 7.96. The summed E-state index contributed by atoms with van der Waals surface area (Å²) in [7, 11) is 0. The van der Waals surface area contributed by atoms with E-state index in [1.165, 1.54) is 17.3 Å². The van der Waals surface area contributed by atoms with Crippen LogP contribution in [-0.2, 0) is 9.59 Å². The molecule has 1 atom stereocenters. The average Bonchev–Trinajstić information content (AvgIpc) is 2.91. The fraction of sp³-hybridized carbons (Fsp3) is 0.375. The molecular weight excluding hydrogens is 394 g/mol. The highest BCUT2D eigenvalue weighted by Gasteiger charge is 2.38. The van der Waals surface area contributed by atoms with E-state index in [4.69, 9.17) is 4.99 Å². The van der Waals surface area contributed by atoms with Gasteiger partial charge in [0.2, 0.25) is 11.8 Å². The SMILES string of the molecule is CCN1C(=O)C(CC(=O)Nc2cc(C)cc(C)c2)SC1=Nc1c(C)cc(C)cc1C. The minimum Gasteiger partial charge on any atom is -0.326 e. The van der Waals surface area contributed by atoms with Gasteiger partial charge in [0, 0.05) is 18.7 Å². The molecular formula is C24H29N3O2S. The van der Waals surface area contributed by atoms with Crippen molar-refractivity contribution < 1.29 is 9.59 Å². The van der Waals surface area contributed by atoms with Crippen molar-refractivity contribution in [3.05, 3.63) is 58.1 Å². The Labute approximate surface area is 183 Å². The first kappa shape index (κ1) is 22.1. The molecule has 3 rings (SSSR count). The molecule has 1 N–H and O–H groups in total. The Morgan fingerprint density at radius 3 is 2.13 bits per heavy atom. The van der Waals surface area contributed by atoms with Gasteiger partial charge in [-0.05, 0) is 75.9 Å².